The summed E-state index contributed by atoms with van der Waals surface area (Å²) in [5, 5.41) is 11.6. The number of carbonyl (C=O) groups excluding carboxylic acids is 1. The van der Waals surface area contributed by atoms with Gasteiger partial charge < -0.3 is 10.0 Å². The van der Waals surface area contributed by atoms with Crippen LogP contribution in [0.2, 0.25) is 5.02 Å². The summed E-state index contributed by atoms with van der Waals surface area (Å²) in [7, 11) is 0. The van der Waals surface area contributed by atoms with Crippen LogP contribution in [0.3, 0.4) is 0 Å². The van der Waals surface area contributed by atoms with Crippen molar-refractivity contribution < 1.29 is 9.90 Å². The van der Waals surface area contributed by atoms with Gasteiger partial charge in [0.05, 0.1) is 5.02 Å². The lowest BCUT2D eigenvalue weighted by Crippen LogP contribution is -2.44. The fourth-order valence-electron chi connectivity index (χ4n) is 2.42. The number of rotatable bonds is 3. The minimum absolute atomic E-state index is 0.0243. The zero-order chi connectivity index (χ0) is 13.1. The summed E-state index contributed by atoms with van der Waals surface area (Å²) >= 11 is 7.57. The Labute approximate surface area is 116 Å². The summed E-state index contributed by atoms with van der Waals surface area (Å²) in [6.45, 7) is 2.82. The van der Waals surface area contributed by atoms with Gasteiger partial charge in [-0.15, -0.1) is 11.3 Å². The predicted octanol–water partition coefficient (Wildman–Crippen LogP) is 3.09. The average molecular weight is 288 g/mol. The molecular formula is C13H18ClNO2S. The van der Waals surface area contributed by atoms with Gasteiger partial charge in [-0.1, -0.05) is 11.6 Å². The van der Waals surface area contributed by atoms with Crippen LogP contribution in [0.15, 0.2) is 5.38 Å². The molecule has 2 heterocycles. The molecule has 1 atom stereocenters. The van der Waals surface area contributed by atoms with Crippen LogP contribution in [0.1, 0.15) is 40.9 Å². The van der Waals surface area contributed by atoms with E-state index in [0.29, 0.717) is 16.3 Å². The quantitative estimate of drug-likeness (QED) is 0.928. The van der Waals surface area contributed by atoms with Crippen LogP contribution in [-0.4, -0.2) is 35.1 Å². The first-order valence-electron chi connectivity index (χ1n) is 6.30. The predicted molar refractivity (Wildman–Crippen MR) is 74.4 cm³/mol. The van der Waals surface area contributed by atoms with Gasteiger partial charge in [0.25, 0.3) is 5.91 Å². The second kappa shape index (κ2) is 6.04. The molecule has 1 unspecified atom stereocenters. The standard InChI is InChI=1S/C13H18ClNO2S/c1-9-8-18-12(11(9)14)13(17)15-6-3-2-4-10(15)5-7-16/h8,10,16H,2-7H2,1H3. The molecular weight excluding hydrogens is 270 g/mol. The van der Waals surface area contributed by atoms with Crippen molar-refractivity contribution in [1.82, 2.24) is 4.90 Å². The number of likely N-dealkylation sites (tertiary alicyclic amines) is 1. The summed E-state index contributed by atoms with van der Waals surface area (Å²) in [5.41, 5.74) is 0.959. The summed E-state index contributed by atoms with van der Waals surface area (Å²) in [6, 6.07) is 0.162. The highest BCUT2D eigenvalue weighted by atomic mass is 35.5. The maximum absolute atomic E-state index is 12.5. The smallest absolute Gasteiger partial charge is 0.265 e. The Morgan fingerprint density at radius 1 is 1.61 bits per heavy atom. The van der Waals surface area contributed by atoms with Crippen LogP contribution in [0.4, 0.5) is 0 Å². The number of nitrogens with zero attached hydrogens (tertiary/aromatic N) is 1. The number of carbonyl (C=O) groups is 1. The van der Waals surface area contributed by atoms with E-state index < -0.39 is 0 Å². The molecule has 18 heavy (non-hydrogen) atoms. The molecule has 0 radical (unpaired) electrons. The molecule has 1 N–H and O–H groups in total. The summed E-state index contributed by atoms with van der Waals surface area (Å²) in [6.07, 6.45) is 3.81. The van der Waals surface area contributed by atoms with E-state index in [2.05, 4.69) is 0 Å². The Morgan fingerprint density at radius 3 is 3.00 bits per heavy atom. The number of halogens is 1. The van der Waals surface area contributed by atoms with Gasteiger partial charge >= 0.3 is 0 Å². The molecule has 3 nitrogen and oxygen atoms in total. The van der Waals surface area contributed by atoms with Gasteiger partial charge in [0.2, 0.25) is 0 Å². The number of piperidine rings is 1. The lowest BCUT2D eigenvalue weighted by Gasteiger charge is -2.35. The molecule has 5 heteroatoms. The van der Waals surface area contributed by atoms with Crippen molar-refractivity contribution in [3.8, 4) is 0 Å². The topological polar surface area (TPSA) is 40.5 Å². The molecule has 0 spiro atoms. The highest BCUT2D eigenvalue weighted by Gasteiger charge is 2.29. The van der Waals surface area contributed by atoms with Crippen molar-refractivity contribution in [3.05, 3.63) is 20.8 Å². The van der Waals surface area contributed by atoms with Crippen LogP contribution in [0.25, 0.3) is 0 Å². The van der Waals surface area contributed by atoms with Crippen molar-refractivity contribution in [2.45, 2.75) is 38.6 Å². The fraction of sp³-hybridized carbons (Fsp3) is 0.615. The third-order valence-electron chi connectivity index (χ3n) is 3.44. The van der Waals surface area contributed by atoms with Gasteiger partial charge in [-0.2, -0.15) is 0 Å². The van der Waals surface area contributed by atoms with Crippen LogP contribution in [0, 0.1) is 6.92 Å². The molecule has 1 amide bonds. The van der Waals surface area contributed by atoms with E-state index in [9.17, 15) is 4.79 Å². The fourth-order valence-corrected chi connectivity index (χ4v) is 3.65. The third kappa shape index (κ3) is 2.71. The molecule has 1 aliphatic rings. The van der Waals surface area contributed by atoms with Crippen molar-refractivity contribution in [3.63, 3.8) is 0 Å². The van der Waals surface area contributed by atoms with Crippen LogP contribution in [0.5, 0.6) is 0 Å². The Hall–Kier alpha value is -0.580. The molecule has 2 rings (SSSR count). The van der Waals surface area contributed by atoms with Gasteiger partial charge in [0.1, 0.15) is 4.88 Å². The van der Waals surface area contributed by atoms with Crippen LogP contribution < -0.4 is 0 Å². The van der Waals surface area contributed by atoms with Gasteiger partial charge in [0, 0.05) is 19.2 Å². The van der Waals surface area contributed by atoms with Crippen LogP contribution >= 0.6 is 22.9 Å². The van der Waals surface area contributed by atoms with Gasteiger partial charge in [-0.3, -0.25) is 4.79 Å². The van der Waals surface area contributed by atoms with E-state index in [4.69, 9.17) is 16.7 Å². The second-order valence-electron chi connectivity index (χ2n) is 4.72. The normalized spacial score (nSPS) is 20.2. The number of hydrogen-bond acceptors (Lipinski definition) is 3. The number of aliphatic hydroxyl groups is 1. The van der Waals surface area contributed by atoms with Crippen molar-refractivity contribution in [1.29, 1.82) is 0 Å². The van der Waals surface area contributed by atoms with E-state index in [1.54, 1.807) is 0 Å². The SMILES string of the molecule is Cc1csc(C(=O)N2CCCCC2CCO)c1Cl. The molecule has 1 fully saturated rings. The maximum atomic E-state index is 12.5. The summed E-state index contributed by atoms with van der Waals surface area (Å²) in [5.74, 6) is 0.0243. The Bertz CT molecular complexity index is 431. The number of hydrogen-bond donors (Lipinski definition) is 1. The molecule has 1 aromatic rings. The van der Waals surface area contributed by atoms with Gasteiger partial charge in [-0.25, -0.2) is 0 Å². The largest absolute Gasteiger partial charge is 0.396 e. The third-order valence-corrected chi connectivity index (χ3v) is 5.13. The first-order valence-corrected chi connectivity index (χ1v) is 7.56. The maximum Gasteiger partial charge on any atom is 0.265 e. The highest BCUT2D eigenvalue weighted by molar-refractivity contribution is 7.13. The number of thiophene rings is 1. The Kier molecular flexibility index (Phi) is 4.65. The van der Waals surface area contributed by atoms with Gasteiger partial charge in [0.15, 0.2) is 0 Å². The second-order valence-corrected chi connectivity index (χ2v) is 5.98. The van der Waals surface area contributed by atoms with Crippen molar-refractivity contribution >= 4 is 28.8 Å². The highest BCUT2D eigenvalue weighted by Crippen LogP contribution is 2.30. The van der Waals surface area contributed by atoms with E-state index in [1.165, 1.54) is 11.3 Å². The molecule has 0 aromatic carbocycles. The number of aliphatic hydroxyl groups excluding tert-OH is 1. The lowest BCUT2D eigenvalue weighted by molar-refractivity contribution is 0.0579. The molecule has 1 aromatic heterocycles. The molecule has 0 saturated carbocycles. The molecule has 1 aliphatic heterocycles. The zero-order valence-electron chi connectivity index (χ0n) is 10.5. The molecule has 0 aliphatic carbocycles. The molecule has 0 bridgehead atoms. The lowest BCUT2D eigenvalue weighted by atomic mass is 9.99. The van der Waals surface area contributed by atoms with Crippen molar-refractivity contribution in [2.75, 3.05) is 13.2 Å². The summed E-state index contributed by atoms with van der Waals surface area (Å²) in [4.78, 5) is 15.0. The van der Waals surface area contributed by atoms with E-state index in [-0.39, 0.29) is 18.6 Å². The van der Waals surface area contributed by atoms with Crippen molar-refractivity contribution in [2.24, 2.45) is 0 Å². The zero-order valence-corrected chi connectivity index (χ0v) is 12.1. The first kappa shape index (κ1) is 13.8. The Morgan fingerprint density at radius 2 is 2.39 bits per heavy atom. The van der Waals surface area contributed by atoms with E-state index in [0.717, 1.165) is 31.4 Å². The summed E-state index contributed by atoms with van der Waals surface area (Å²) < 4.78 is 0. The average Bonchev–Trinajstić information content (AvgIpc) is 2.70. The minimum atomic E-state index is 0.0243. The van der Waals surface area contributed by atoms with Gasteiger partial charge in [-0.05, 0) is 43.6 Å². The van der Waals surface area contributed by atoms with E-state index in [1.807, 2.05) is 17.2 Å². The molecule has 100 valence electrons. The monoisotopic (exact) mass is 287 g/mol. The molecule has 1 saturated heterocycles. The first-order chi connectivity index (χ1) is 8.65. The minimum Gasteiger partial charge on any atom is -0.396 e. The Balaban J connectivity index is 2.18. The number of aryl methyl sites for hydroxylation is 1. The van der Waals surface area contributed by atoms with Crippen LogP contribution in [-0.2, 0) is 0 Å². The number of amides is 1. The van der Waals surface area contributed by atoms with E-state index >= 15 is 0 Å².